The van der Waals surface area contributed by atoms with Crippen molar-refractivity contribution in [3.05, 3.63) is 35.0 Å². The number of carbonyl (C=O) groups is 1. The van der Waals surface area contributed by atoms with Gasteiger partial charge in [-0.3, -0.25) is 15.2 Å². The summed E-state index contributed by atoms with van der Waals surface area (Å²) >= 11 is 1.39. The first-order chi connectivity index (χ1) is 9.65. The van der Waals surface area contributed by atoms with Crippen molar-refractivity contribution >= 4 is 33.3 Å². The molecule has 20 heavy (non-hydrogen) atoms. The Labute approximate surface area is 119 Å². The third kappa shape index (κ3) is 2.27. The van der Waals surface area contributed by atoms with Gasteiger partial charge in [-0.05, 0) is 6.07 Å². The predicted molar refractivity (Wildman–Crippen MR) is 78.0 cm³/mol. The molecule has 3 aromatic rings. The SMILES string of the molecule is CC(C)c1nnc(NC(=O)c2cccc3cn[nH]c23)s1. The Morgan fingerprint density at radius 3 is 2.95 bits per heavy atom. The molecule has 0 unspecified atom stereocenters. The van der Waals surface area contributed by atoms with E-state index in [1.807, 2.05) is 26.0 Å². The van der Waals surface area contributed by atoms with Gasteiger partial charge < -0.3 is 0 Å². The minimum atomic E-state index is -0.216. The Bertz CT molecular complexity index is 761. The van der Waals surface area contributed by atoms with Gasteiger partial charge in [0.25, 0.3) is 5.91 Å². The Kier molecular flexibility index (Phi) is 3.19. The fourth-order valence-electron chi connectivity index (χ4n) is 1.84. The molecule has 0 aliphatic carbocycles. The van der Waals surface area contributed by atoms with Crippen LogP contribution in [0.1, 0.15) is 35.1 Å². The Hall–Kier alpha value is -2.28. The van der Waals surface area contributed by atoms with Crippen LogP contribution in [0.25, 0.3) is 10.9 Å². The van der Waals surface area contributed by atoms with Gasteiger partial charge in [-0.25, -0.2) is 0 Å². The smallest absolute Gasteiger partial charge is 0.259 e. The molecule has 0 saturated heterocycles. The fourth-order valence-corrected chi connectivity index (χ4v) is 2.58. The molecule has 1 aromatic carbocycles. The number of hydrogen-bond acceptors (Lipinski definition) is 5. The first-order valence-electron chi connectivity index (χ1n) is 6.22. The fraction of sp³-hybridized carbons (Fsp3) is 0.231. The highest BCUT2D eigenvalue weighted by molar-refractivity contribution is 7.15. The summed E-state index contributed by atoms with van der Waals surface area (Å²) in [5.41, 5.74) is 1.26. The van der Waals surface area contributed by atoms with Crippen molar-refractivity contribution in [2.24, 2.45) is 0 Å². The first kappa shape index (κ1) is 12.7. The molecule has 0 radical (unpaired) electrons. The van der Waals surface area contributed by atoms with E-state index < -0.39 is 0 Å². The molecule has 0 bridgehead atoms. The molecule has 2 aromatic heterocycles. The van der Waals surface area contributed by atoms with Gasteiger partial charge in [0.1, 0.15) is 5.01 Å². The molecule has 2 N–H and O–H groups in total. The zero-order valence-corrected chi connectivity index (χ0v) is 11.9. The van der Waals surface area contributed by atoms with Crippen LogP contribution >= 0.6 is 11.3 Å². The highest BCUT2D eigenvalue weighted by Crippen LogP contribution is 2.23. The molecule has 102 valence electrons. The van der Waals surface area contributed by atoms with Gasteiger partial charge in [0.2, 0.25) is 5.13 Å². The van der Waals surface area contributed by atoms with E-state index in [1.165, 1.54) is 11.3 Å². The van der Waals surface area contributed by atoms with Gasteiger partial charge >= 0.3 is 0 Å². The largest absolute Gasteiger partial charge is 0.296 e. The van der Waals surface area contributed by atoms with Gasteiger partial charge in [0.05, 0.1) is 17.3 Å². The quantitative estimate of drug-likeness (QED) is 0.776. The molecule has 0 aliphatic heterocycles. The Balaban J connectivity index is 1.87. The molecule has 0 spiro atoms. The van der Waals surface area contributed by atoms with E-state index in [0.29, 0.717) is 16.6 Å². The number of benzene rings is 1. The van der Waals surface area contributed by atoms with Crippen LogP contribution in [0, 0.1) is 0 Å². The standard InChI is InChI=1S/C13H13N5OS/c1-7(2)12-17-18-13(20-12)15-11(19)9-5-3-4-8-6-14-16-10(8)9/h3-7H,1-2H3,(H,14,16)(H,15,18,19). The normalized spacial score (nSPS) is 11.2. The predicted octanol–water partition coefficient (Wildman–Crippen LogP) is 2.79. The molecular weight excluding hydrogens is 274 g/mol. The molecule has 0 aliphatic rings. The van der Waals surface area contributed by atoms with Gasteiger partial charge in [0, 0.05) is 11.3 Å². The zero-order chi connectivity index (χ0) is 14.1. The minimum Gasteiger partial charge on any atom is -0.296 e. The minimum absolute atomic E-state index is 0.216. The van der Waals surface area contributed by atoms with Crippen LogP contribution in [0.5, 0.6) is 0 Å². The number of nitrogens with zero attached hydrogens (tertiary/aromatic N) is 3. The molecule has 2 heterocycles. The number of nitrogens with one attached hydrogen (secondary N) is 2. The highest BCUT2D eigenvalue weighted by Gasteiger charge is 2.14. The summed E-state index contributed by atoms with van der Waals surface area (Å²) in [6.07, 6.45) is 1.69. The molecule has 0 saturated carbocycles. The molecule has 7 heteroatoms. The van der Waals surface area contributed by atoms with E-state index >= 15 is 0 Å². The average molecular weight is 287 g/mol. The summed E-state index contributed by atoms with van der Waals surface area (Å²) < 4.78 is 0. The van der Waals surface area contributed by atoms with E-state index in [-0.39, 0.29) is 5.91 Å². The van der Waals surface area contributed by atoms with Crippen molar-refractivity contribution in [1.82, 2.24) is 20.4 Å². The third-order valence-corrected chi connectivity index (χ3v) is 4.02. The zero-order valence-electron chi connectivity index (χ0n) is 11.0. The summed E-state index contributed by atoms with van der Waals surface area (Å²) in [5, 5.41) is 19.9. The van der Waals surface area contributed by atoms with Crippen LogP contribution in [-0.2, 0) is 0 Å². The average Bonchev–Trinajstić information content (AvgIpc) is 3.05. The third-order valence-electron chi connectivity index (χ3n) is 2.88. The topological polar surface area (TPSA) is 83.6 Å². The maximum Gasteiger partial charge on any atom is 0.259 e. The van der Waals surface area contributed by atoms with Crippen molar-refractivity contribution in [3.63, 3.8) is 0 Å². The van der Waals surface area contributed by atoms with Gasteiger partial charge in [-0.2, -0.15) is 5.10 Å². The second-order valence-corrected chi connectivity index (χ2v) is 5.70. The van der Waals surface area contributed by atoms with Gasteiger partial charge in [-0.15, -0.1) is 10.2 Å². The number of aromatic nitrogens is 4. The molecule has 0 atom stereocenters. The molecular formula is C13H13N5OS. The van der Waals surface area contributed by atoms with Gasteiger partial charge in [-0.1, -0.05) is 37.3 Å². The molecule has 0 fully saturated rings. The second kappa shape index (κ2) is 5.01. The molecule has 6 nitrogen and oxygen atoms in total. The maximum absolute atomic E-state index is 12.3. The number of carbonyl (C=O) groups excluding carboxylic acids is 1. The summed E-state index contributed by atoms with van der Waals surface area (Å²) in [4.78, 5) is 12.3. The first-order valence-corrected chi connectivity index (χ1v) is 7.03. The monoisotopic (exact) mass is 287 g/mol. The maximum atomic E-state index is 12.3. The van der Waals surface area contributed by atoms with Crippen molar-refractivity contribution in [3.8, 4) is 0 Å². The number of amides is 1. The summed E-state index contributed by atoms with van der Waals surface area (Å²) in [5.74, 6) is 0.0838. The lowest BCUT2D eigenvalue weighted by Crippen LogP contribution is -2.12. The number of rotatable bonds is 3. The lowest BCUT2D eigenvalue weighted by Gasteiger charge is -2.02. The van der Waals surface area contributed by atoms with E-state index in [2.05, 4.69) is 25.7 Å². The van der Waals surface area contributed by atoms with Crippen LogP contribution in [0.2, 0.25) is 0 Å². The van der Waals surface area contributed by atoms with Crippen molar-refractivity contribution in [2.75, 3.05) is 5.32 Å². The van der Waals surface area contributed by atoms with Crippen LogP contribution in [0.15, 0.2) is 24.4 Å². The number of aromatic amines is 1. The lowest BCUT2D eigenvalue weighted by molar-refractivity contribution is 0.102. The Morgan fingerprint density at radius 2 is 2.20 bits per heavy atom. The van der Waals surface area contributed by atoms with E-state index in [9.17, 15) is 4.79 Å². The number of hydrogen-bond donors (Lipinski definition) is 2. The summed E-state index contributed by atoms with van der Waals surface area (Å²) in [7, 11) is 0. The van der Waals surface area contributed by atoms with Crippen LogP contribution in [0.4, 0.5) is 5.13 Å². The lowest BCUT2D eigenvalue weighted by atomic mass is 10.1. The van der Waals surface area contributed by atoms with E-state index in [0.717, 1.165) is 15.9 Å². The van der Waals surface area contributed by atoms with Crippen molar-refractivity contribution in [1.29, 1.82) is 0 Å². The van der Waals surface area contributed by atoms with Crippen LogP contribution in [0.3, 0.4) is 0 Å². The van der Waals surface area contributed by atoms with E-state index in [1.54, 1.807) is 12.3 Å². The molecule has 3 rings (SSSR count). The summed E-state index contributed by atoms with van der Waals surface area (Å²) in [6, 6.07) is 5.48. The Morgan fingerprint density at radius 1 is 1.35 bits per heavy atom. The number of H-pyrrole nitrogens is 1. The number of fused-ring (bicyclic) bond motifs is 1. The van der Waals surface area contributed by atoms with Crippen molar-refractivity contribution in [2.45, 2.75) is 19.8 Å². The van der Waals surface area contributed by atoms with Crippen molar-refractivity contribution < 1.29 is 4.79 Å². The van der Waals surface area contributed by atoms with Crippen LogP contribution < -0.4 is 5.32 Å². The highest BCUT2D eigenvalue weighted by atomic mass is 32.1. The van der Waals surface area contributed by atoms with Crippen LogP contribution in [-0.4, -0.2) is 26.3 Å². The van der Waals surface area contributed by atoms with E-state index in [4.69, 9.17) is 0 Å². The second-order valence-electron chi connectivity index (χ2n) is 4.69. The molecule has 1 amide bonds. The number of para-hydroxylation sites is 1. The number of anilines is 1. The summed E-state index contributed by atoms with van der Waals surface area (Å²) in [6.45, 7) is 4.08. The van der Waals surface area contributed by atoms with Gasteiger partial charge in [0.15, 0.2) is 0 Å².